The zero-order chi connectivity index (χ0) is 33.0. The Bertz CT molecular complexity index is 1690. The molecule has 0 aromatic heterocycles. The fraction of sp³-hybridized carbons (Fsp3) is 0.314. The van der Waals surface area contributed by atoms with Gasteiger partial charge in [0.05, 0.1) is 22.5 Å². The maximum Gasteiger partial charge on any atom is 0.200 e. The van der Waals surface area contributed by atoms with E-state index in [9.17, 15) is 22.0 Å². The van der Waals surface area contributed by atoms with Gasteiger partial charge in [0.15, 0.2) is 46.5 Å². The van der Waals surface area contributed by atoms with Gasteiger partial charge in [0.25, 0.3) is 0 Å². The lowest BCUT2D eigenvalue weighted by molar-refractivity contribution is 0.379. The predicted octanol–water partition coefficient (Wildman–Crippen LogP) is 11.7. The molecule has 0 aliphatic carbocycles. The molecule has 0 N–H and O–H groups in total. The summed E-state index contributed by atoms with van der Waals surface area (Å²) in [6.07, 6.45) is 4.70. The first-order valence-corrected chi connectivity index (χ1v) is 14.7. The number of halogens is 9. The molecule has 0 saturated carbocycles. The highest BCUT2D eigenvalue weighted by Gasteiger charge is 2.45. The van der Waals surface area contributed by atoms with Crippen LogP contribution in [-0.4, -0.2) is 0 Å². The number of anilines is 3. The Balaban J connectivity index is 1.87. The molecule has 0 bridgehead atoms. The number of rotatable bonds is 8. The molecule has 0 atom stereocenters. The van der Waals surface area contributed by atoms with Gasteiger partial charge in [0.2, 0.25) is 5.82 Å². The van der Waals surface area contributed by atoms with E-state index in [4.69, 9.17) is 0 Å². The fourth-order valence-electron chi connectivity index (χ4n) is 6.45. The van der Waals surface area contributed by atoms with Crippen LogP contribution in [0.3, 0.4) is 0 Å². The number of benzene rings is 4. The third-order valence-corrected chi connectivity index (χ3v) is 8.65. The number of hydrogen-bond acceptors (Lipinski definition) is 1. The molecule has 1 heterocycles. The molecule has 1 nitrogen and oxygen atoms in total. The van der Waals surface area contributed by atoms with Crippen molar-refractivity contribution >= 4 is 17.1 Å². The minimum atomic E-state index is -2.60. The summed E-state index contributed by atoms with van der Waals surface area (Å²) in [6, 6.07) is 10.3. The molecule has 0 unspecified atom stereocenters. The van der Waals surface area contributed by atoms with E-state index < -0.39 is 74.6 Å². The van der Waals surface area contributed by atoms with Crippen molar-refractivity contribution in [1.82, 2.24) is 0 Å². The Morgan fingerprint density at radius 3 is 1.24 bits per heavy atom. The molecule has 1 aliphatic heterocycles. The predicted molar refractivity (Wildman–Crippen MR) is 155 cm³/mol. The Morgan fingerprint density at radius 2 is 0.867 bits per heavy atom. The van der Waals surface area contributed by atoms with Crippen molar-refractivity contribution in [3.63, 3.8) is 0 Å². The molecule has 0 saturated heterocycles. The maximum absolute atomic E-state index is 16.1. The van der Waals surface area contributed by atoms with Gasteiger partial charge in [0, 0.05) is 5.41 Å². The van der Waals surface area contributed by atoms with Crippen LogP contribution in [0.4, 0.5) is 56.6 Å². The number of aryl methyl sites for hydroxylation is 2. The van der Waals surface area contributed by atoms with Crippen molar-refractivity contribution in [2.75, 3.05) is 4.90 Å². The molecule has 0 fully saturated rings. The summed E-state index contributed by atoms with van der Waals surface area (Å²) in [5.41, 5.74) is -2.49. The van der Waals surface area contributed by atoms with Crippen molar-refractivity contribution in [2.45, 2.75) is 71.6 Å². The summed E-state index contributed by atoms with van der Waals surface area (Å²) in [7, 11) is 0. The highest BCUT2D eigenvalue weighted by molar-refractivity contribution is 5.88. The zero-order valence-electron chi connectivity index (χ0n) is 25.1. The standard InChI is InChI=1S/C35H30F9N/c1-5-7-13-35(14-8-6-2)19-15-17(3)9-11-21(19)45(22-12-10-18(4)16-20(22)35)34-32(43)27(38)24(28(39)33(34)44)23-25(36)29(40)31(42)30(41)26(23)37/h9-12,15-16H,5-8,13-14H2,1-4H3. The number of hydrogen-bond donors (Lipinski definition) is 0. The van der Waals surface area contributed by atoms with E-state index in [0.717, 1.165) is 41.7 Å². The van der Waals surface area contributed by atoms with Crippen LogP contribution in [0.2, 0.25) is 0 Å². The first-order chi connectivity index (χ1) is 21.3. The van der Waals surface area contributed by atoms with Crippen LogP contribution >= 0.6 is 0 Å². The average Bonchev–Trinajstić information content (AvgIpc) is 3.02. The van der Waals surface area contributed by atoms with Crippen LogP contribution < -0.4 is 4.90 Å². The molecule has 4 aromatic rings. The van der Waals surface area contributed by atoms with Gasteiger partial charge in [-0.1, -0.05) is 74.9 Å². The minimum Gasteiger partial charge on any atom is -0.304 e. The molecule has 45 heavy (non-hydrogen) atoms. The van der Waals surface area contributed by atoms with Crippen LogP contribution in [0.5, 0.6) is 0 Å². The Labute approximate surface area is 255 Å². The molecular formula is C35H30F9N. The second-order valence-corrected chi connectivity index (χ2v) is 11.6. The lowest BCUT2D eigenvalue weighted by atomic mass is 9.64. The van der Waals surface area contributed by atoms with E-state index in [0.29, 0.717) is 24.0 Å². The molecule has 0 radical (unpaired) electrons. The number of fused-ring (bicyclic) bond motifs is 2. The molecular weight excluding hydrogens is 605 g/mol. The van der Waals surface area contributed by atoms with E-state index in [1.807, 2.05) is 39.8 Å². The SMILES string of the molecule is CCCCC1(CCCC)c2cc(C)ccc2N(c2c(F)c(F)c(-c3c(F)c(F)c(F)c(F)c3F)c(F)c2F)c2ccc(C)cc21. The summed E-state index contributed by atoms with van der Waals surface area (Å²) in [5, 5.41) is 0. The lowest BCUT2D eigenvalue weighted by Gasteiger charge is -2.46. The summed E-state index contributed by atoms with van der Waals surface area (Å²) < 4.78 is 135. The molecule has 238 valence electrons. The molecule has 5 rings (SSSR count). The zero-order valence-corrected chi connectivity index (χ0v) is 25.1. The Morgan fingerprint density at radius 1 is 0.511 bits per heavy atom. The third-order valence-electron chi connectivity index (χ3n) is 8.65. The highest BCUT2D eigenvalue weighted by Crippen LogP contribution is 2.57. The second-order valence-electron chi connectivity index (χ2n) is 11.6. The van der Waals surface area contributed by atoms with E-state index >= 15 is 17.6 Å². The third kappa shape index (κ3) is 4.97. The monoisotopic (exact) mass is 635 g/mol. The molecule has 0 spiro atoms. The van der Waals surface area contributed by atoms with Gasteiger partial charge in [-0.25, -0.2) is 39.5 Å². The van der Waals surface area contributed by atoms with Crippen molar-refractivity contribution < 1.29 is 39.5 Å². The van der Waals surface area contributed by atoms with Crippen molar-refractivity contribution in [3.05, 3.63) is 111 Å². The van der Waals surface area contributed by atoms with Crippen LogP contribution in [-0.2, 0) is 5.41 Å². The molecule has 4 aromatic carbocycles. The van der Waals surface area contributed by atoms with E-state index in [2.05, 4.69) is 0 Å². The number of unbranched alkanes of at least 4 members (excludes halogenated alkanes) is 2. The summed E-state index contributed by atoms with van der Waals surface area (Å²) in [5.74, 6) is -21.7. The average molecular weight is 636 g/mol. The van der Waals surface area contributed by atoms with Gasteiger partial charge < -0.3 is 4.90 Å². The number of nitrogens with zero attached hydrogens (tertiary/aromatic N) is 1. The maximum atomic E-state index is 16.1. The van der Waals surface area contributed by atoms with Gasteiger partial charge in [-0.15, -0.1) is 0 Å². The van der Waals surface area contributed by atoms with Crippen LogP contribution in [0, 0.1) is 66.2 Å². The smallest absolute Gasteiger partial charge is 0.200 e. The lowest BCUT2D eigenvalue weighted by Crippen LogP contribution is -2.36. The van der Waals surface area contributed by atoms with E-state index in [1.54, 1.807) is 24.3 Å². The first kappa shape index (κ1) is 32.4. The quantitative estimate of drug-likeness (QED) is 0.106. The Kier molecular flexibility index (Phi) is 8.72. The van der Waals surface area contributed by atoms with Crippen LogP contribution in [0.25, 0.3) is 11.1 Å². The van der Waals surface area contributed by atoms with Gasteiger partial charge in [-0.05, 0) is 49.9 Å². The van der Waals surface area contributed by atoms with Crippen molar-refractivity contribution in [3.8, 4) is 11.1 Å². The topological polar surface area (TPSA) is 3.24 Å². The summed E-state index contributed by atoms with van der Waals surface area (Å²) in [6.45, 7) is 7.78. The van der Waals surface area contributed by atoms with Gasteiger partial charge in [-0.3, -0.25) is 0 Å². The summed E-state index contributed by atoms with van der Waals surface area (Å²) >= 11 is 0. The first-order valence-electron chi connectivity index (χ1n) is 14.7. The minimum absolute atomic E-state index is 0.241. The van der Waals surface area contributed by atoms with Crippen molar-refractivity contribution in [1.29, 1.82) is 0 Å². The largest absolute Gasteiger partial charge is 0.304 e. The molecule has 10 heteroatoms. The second kappa shape index (κ2) is 12.1. The summed E-state index contributed by atoms with van der Waals surface area (Å²) in [4.78, 5) is 1.03. The highest BCUT2D eigenvalue weighted by atomic mass is 19.2. The van der Waals surface area contributed by atoms with Gasteiger partial charge in [0.1, 0.15) is 5.69 Å². The van der Waals surface area contributed by atoms with Crippen LogP contribution in [0.15, 0.2) is 36.4 Å². The van der Waals surface area contributed by atoms with Gasteiger partial charge in [-0.2, -0.15) is 0 Å². The molecule has 0 amide bonds. The Hall–Kier alpha value is -3.95. The van der Waals surface area contributed by atoms with Crippen LogP contribution in [0.1, 0.15) is 74.6 Å². The molecule has 1 aliphatic rings. The van der Waals surface area contributed by atoms with E-state index in [1.165, 1.54) is 0 Å². The normalized spacial score (nSPS) is 13.7. The van der Waals surface area contributed by atoms with E-state index in [-0.39, 0.29) is 11.4 Å². The van der Waals surface area contributed by atoms with Crippen molar-refractivity contribution in [2.24, 2.45) is 0 Å². The fourth-order valence-corrected chi connectivity index (χ4v) is 6.45. The van der Waals surface area contributed by atoms with Gasteiger partial charge >= 0.3 is 0 Å².